The molecule has 26 heavy (non-hydrogen) atoms. The van der Waals surface area contributed by atoms with Crippen molar-refractivity contribution < 1.29 is 0 Å². The van der Waals surface area contributed by atoms with Crippen LogP contribution in [0.15, 0.2) is 0 Å². The average Bonchev–Trinajstić information content (AvgIpc) is 2.64. The summed E-state index contributed by atoms with van der Waals surface area (Å²) in [5, 5.41) is 1.67. The van der Waals surface area contributed by atoms with Crippen molar-refractivity contribution in [3.05, 3.63) is 0 Å². The first-order chi connectivity index (χ1) is 12.7. The fraction of sp³-hybridized carbons (Fsp3) is 1.00. The summed E-state index contributed by atoms with van der Waals surface area (Å²) < 4.78 is 0. The van der Waals surface area contributed by atoms with E-state index in [1.165, 1.54) is 116 Å². The van der Waals surface area contributed by atoms with Crippen LogP contribution >= 0.6 is 21.6 Å². The summed E-state index contributed by atoms with van der Waals surface area (Å²) in [7, 11) is 4.31. The monoisotopic (exact) mass is 402 g/mol. The molecule has 0 nitrogen and oxygen atoms in total. The third kappa shape index (κ3) is 21.0. The number of unbranched alkanes of at least 4 members (excludes halogenated alkanes) is 14. The van der Waals surface area contributed by atoms with Gasteiger partial charge in [-0.2, -0.15) is 0 Å². The van der Waals surface area contributed by atoms with Crippen molar-refractivity contribution >= 4 is 21.6 Å². The highest BCUT2D eigenvalue weighted by atomic mass is 33.1. The molecule has 0 fully saturated rings. The predicted molar refractivity (Wildman–Crippen MR) is 129 cm³/mol. The van der Waals surface area contributed by atoms with E-state index in [0.29, 0.717) is 0 Å². The van der Waals surface area contributed by atoms with Crippen LogP contribution in [0.25, 0.3) is 0 Å². The Kier molecular flexibility index (Phi) is 22.6. The Morgan fingerprint density at radius 1 is 0.423 bits per heavy atom. The highest BCUT2D eigenvalue weighted by Gasteiger charge is 2.08. The summed E-state index contributed by atoms with van der Waals surface area (Å²) in [6.07, 6.45) is 25.9. The van der Waals surface area contributed by atoms with E-state index in [2.05, 4.69) is 49.3 Å². The van der Waals surface area contributed by atoms with Crippen LogP contribution in [-0.4, -0.2) is 10.5 Å². The van der Waals surface area contributed by atoms with Crippen molar-refractivity contribution in [2.24, 2.45) is 0 Å². The third-order valence-corrected chi connectivity index (χ3v) is 8.86. The maximum Gasteiger partial charge on any atom is 0.0123 e. The minimum absolute atomic E-state index is 0.834. The largest absolute Gasteiger partial charge is 0.0907 e. The highest BCUT2D eigenvalue weighted by molar-refractivity contribution is 8.77. The van der Waals surface area contributed by atoms with Gasteiger partial charge in [-0.1, -0.05) is 152 Å². The molecule has 0 spiro atoms. The fourth-order valence-electron chi connectivity index (χ4n) is 3.42. The van der Waals surface area contributed by atoms with E-state index in [1.807, 2.05) is 0 Å². The van der Waals surface area contributed by atoms with Crippen LogP contribution in [0.3, 0.4) is 0 Å². The molecule has 0 bridgehead atoms. The normalized spacial score (nSPS) is 13.8. The van der Waals surface area contributed by atoms with Gasteiger partial charge in [-0.05, 0) is 12.8 Å². The van der Waals surface area contributed by atoms with E-state index in [1.54, 1.807) is 0 Å². The molecule has 0 radical (unpaired) electrons. The van der Waals surface area contributed by atoms with Crippen LogP contribution in [0.4, 0.5) is 0 Å². The quantitative estimate of drug-likeness (QED) is 0.138. The van der Waals surface area contributed by atoms with Crippen LogP contribution in [0.1, 0.15) is 143 Å². The van der Waals surface area contributed by atoms with Gasteiger partial charge >= 0.3 is 0 Å². The van der Waals surface area contributed by atoms with Crippen molar-refractivity contribution in [2.45, 2.75) is 154 Å². The molecule has 0 heterocycles. The number of hydrogen-bond acceptors (Lipinski definition) is 2. The van der Waals surface area contributed by atoms with Gasteiger partial charge in [-0.3, -0.25) is 0 Å². The molecule has 2 atom stereocenters. The Labute approximate surface area is 175 Å². The molecule has 0 rings (SSSR count). The molecular weight excluding hydrogens is 352 g/mol. The minimum atomic E-state index is 0.834. The summed E-state index contributed by atoms with van der Waals surface area (Å²) >= 11 is 0. The zero-order valence-corrected chi connectivity index (χ0v) is 20.3. The summed E-state index contributed by atoms with van der Waals surface area (Å²) in [4.78, 5) is 0. The zero-order valence-electron chi connectivity index (χ0n) is 18.7. The first-order valence-electron chi connectivity index (χ1n) is 12.0. The smallest absolute Gasteiger partial charge is 0.0123 e. The molecule has 0 saturated carbocycles. The van der Waals surface area contributed by atoms with E-state index < -0.39 is 0 Å². The number of hydrogen-bond donors (Lipinski definition) is 0. The Hall–Kier alpha value is 0.700. The van der Waals surface area contributed by atoms with E-state index in [-0.39, 0.29) is 0 Å². The second-order valence-electron chi connectivity index (χ2n) is 8.34. The zero-order chi connectivity index (χ0) is 19.3. The van der Waals surface area contributed by atoms with Crippen molar-refractivity contribution in [1.29, 1.82) is 0 Å². The lowest BCUT2D eigenvalue weighted by Gasteiger charge is -2.14. The van der Waals surface area contributed by atoms with Gasteiger partial charge in [0.15, 0.2) is 0 Å². The Bertz CT molecular complexity index is 229. The molecule has 0 amide bonds. The molecule has 158 valence electrons. The fourth-order valence-corrected chi connectivity index (χ4v) is 6.04. The maximum absolute atomic E-state index is 2.43. The minimum Gasteiger partial charge on any atom is -0.0907 e. The second-order valence-corrected chi connectivity index (χ2v) is 11.5. The Morgan fingerprint density at radius 3 is 1.00 bits per heavy atom. The van der Waals surface area contributed by atoms with Gasteiger partial charge < -0.3 is 0 Å². The third-order valence-electron chi connectivity index (χ3n) is 5.31. The molecule has 0 aliphatic rings. The first kappa shape index (κ1) is 26.7. The Morgan fingerprint density at radius 2 is 0.692 bits per heavy atom. The standard InChI is InChI=1S/C24H50S2/c1-5-7-9-11-13-15-17-19-21-23(3)25-26-24(4)22-20-18-16-14-12-10-8-6-2/h23-24H,5-22H2,1-4H3. The summed E-state index contributed by atoms with van der Waals surface area (Å²) in [5.41, 5.74) is 0. The van der Waals surface area contributed by atoms with Gasteiger partial charge in [0.05, 0.1) is 0 Å². The molecule has 0 aromatic carbocycles. The van der Waals surface area contributed by atoms with Crippen molar-refractivity contribution in [3.63, 3.8) is 0 Å². The predicted octanol–water partition coefficient (Wildman–Crippen LogP) is 10.2. The SMILES string of the molecule is CCCCCCCCCCC(C)SSC(C)CCCCCCCCCC. The van der Waals surface area contributed by atoms with Gasteiger partial charge in [0.2, 0.25) is 0 Å². The molecule has 0 saturated heterocycles. The topological polar surface area (TPSA) is 0 Å². The molecule has 0 N–H and O–H groups in total. The van der Waals surface area contributed by atoms with E-state index in [9.17, 15) is 0 Å². The molecule has 2 unspecified atom stereocenters. The van der Waals surface area contributed by atoms with Gasteiger partial charge in [0.25, 0.3) is 0 Å². The van der Waals surface area contributed by atoms with Crippen LogP contribution in [0.2, 0.25) is 0 Å². The summed E-state index contributed by atoms with van der Waals surface area (Å²) in [6.45, 7) is 9.46. The van der Waals surface area contributed by atoms with Crippen molar-refractivity contribution in [2.75, 3.05) is 0 Å². The van der Waals surface area contributed by atoms with Crippen LogP contribution in [0, 0.1) is 0 Å². The first-order valence-corrected chi connectivity index (χ1v) is 14.3. The number of rotatable bonds is 21. The molecule has 0 aromatic heterocycles. The molecule has 0 aliphatic carbocycles. The lowest BCUT2D eigenvalue weighted by Crippen LogP contribution is -1.98. The highest BCUT2D eigenvalue weighted by Crippen LogP contribution is 2.35. The van der Waals surface area contributed by atoms with Crippen molar-refractivity contribution in [3.8, 4) is 0 Å². The lowest BCUT2D eigenvalue weighted by atomic mass is 10.1. The van der Waals surface area contributed by atoms with E-state index >= 15 is 0 Å². The molecule has 0 aliphatic heterocycles. The van der Waals surface area contributed by atoms with Crippen molar-refractivity contribution in [1.82, 2.24) is 0 Å². The van der Waals surface area contributed by atoms with E-state index in [4.69, 9.17) is 0 Å². The van der Waals surface area contributed by atoms with Gasteiger partial charge in [-0.15, -0.1) is 0 Å². The van der Waals surface area contributed by atoms with Gasteiger partial charge in [0.1, 0.15) is 0 Å². The van der Waals surface area contributed by atoms with E-state index in [0.717, 1.165) is 10.5 Å². The lowest BCUT2D eigenvalue weighted by molar-refractivity contribution is 0.564. The maximum atomic E-state index is 2.43. The average molecular weight is 403 g/mol. The molecular formula is C24H50S2. The summed E-state index contributed by atoms with van der Waals surface area (Å²) in [5.74, 6) is 0. The van der Waals surface area contributed by atoms with Gasteiger partial charge in [-0.25, -0.2) is 0 Å². The van der Waals surface area contributed by atoms with Crippen LogP contribution in [0.5, 0.6) is 0 Å². The summed E-state index contributed by atoms with van der Waals surface area (Å²) in [6, 6.07) is 0. The van der Waals surface area contributed by atoms with Crippen LogP contribution in [-0.2, 0) is 0 Å². The molecule has 0 aromatic rings. The second kappa shape index (κ2) is 22.0. The van der Waals surface area contributed by atoms with Gasteiger partial charge in [0, 0.05) is 10.5 Å². The van der Waals surface area contributed by atoms with Crippen LogP contribution < -0.4 is 0 Å². The molecule has 2 heteroatoms. The Balaban J connectivity index is 3.30.